The average Bonchev–Trinajstić information content (AvgIpc) is 2.82. The lowest BCUT2D eigenvalue weighted by atomic mass is 10.1. The van der Waals surface area contributed by atoms with Crippen LogP contribution in [0.1, 0.15) is 18.0 Å². The Balaban J connectivity index is 1.67. The zero-order valence-corrected chi connectivity index (χ0v) is 15.7. The summed E-state index contributed by atoms with van der Waals surface area (Å²) >= 11 is 0. The van der Waals surface area contributed by atoms with Crippen molar-refractivity contribution in [2.24, 2.45) is 0 Å². The summed E-state index contributed by atoms with van der Waals surface area (Å²) < 4.78 is 5.62. The van der Waals surface area contributed by atoms with E-state index in [2.05, 4.69) is 10.2 Å². The van der Waals surface area contributed by atoms with Gasteiger partial charge in [-0.05, 0) is 31.8 Å². The summed E-state index contributed by atoms with van der Waals surface area (Å²) in [5.41, 5.74) is 1.77. The number of para-hydroxylation sites is 2. The fourth-order valence-corrected chi connectivity index (χ4v) is 3.18. The van der Waals surface area contributed by atoms with Crippen molar-refractivity contribution in [3.63, 3.8) is 0 Å². The number of nitrogens with one attached hydrogen (secondary N) is 1. The molecule has 2 aromatic rings. The third kappa shape index (κ3) is 4.65. The minimum Gasteiger partial charge on any atom is -0.491 e. The first-order valence-corrected chi connectivity index (χ1v) is 9.06. The highest BCUT2D eigenvalue weighted by atomic mass is 16.5. The number of amides is 2. The quantitative estimate of drug-likeness (QED) is 0.850. The zero-order chi connectivity index (χ0) is 19.2. The fraction of sp³-hybridized carbons (Fsp3) is 0.333. The summed E-state index contributed by atoms with van der Waals surface area (Å²) in [6.45, 7) is 0.773. The van der Waals surface area contributed by atoms with Crippen molar-refractivity contribution in [1.82, 2.24) is 10.2 Å². The Morgan fingerprint density at radius 3 is 2.59 bits per heavy atom. The van der Waals surface area contributed by atoms with Crippen LogP contribution in [0.5, 0.6) is 5.75 Å². The van der Waals surface area contributed by atoms with E-state index >= 15 is 0 Å². The van der Waals surface area contributed by atoms with Crippen molar-refractivity contribution in [3.05, 3.63) is 60.2 Å². The monoisotopic (exact) mass is 367 g/mol. The number of nitrogens with zero attached hydrogens (tertiary/aromatic N) is 2. The van der Waals surface area contributed by atoms with Crippen LogP contribution < -0.4 is 15.0 Å². The van der Waals surface area contributed by atoms with Gasteiger partial charge in [-0.25, -0.2) is 0 Å². The summed E-state index contributed by atoms with van der Waals surface area (Å²) in [6.07, 6.45) is 0.256. The topological polar surface area (TPSA) is 61.9 Å². The fourth-order valence-electron chi connectivity index (χ4n) is 3.18. The van der Waals surface area contributed by atoms with E-state index in [4.69, 9.17) is 4.74 Å². The third-order valence-corrected chi connectivity index (χ3v) is 4.63. The molecule has 27 heavy (non-hydrogen) atoms. The van der Waals surface area contributed by atoms with E-state index in [1.54, 1.807) is 6.07 Å². The molecular formula is C21H25N3O3. The lowest BCUT2D eigenvalue weighted by Gasteiger charge is -2.26. The number of rotatable bonds is 6. The molecular weight excluding hydrogens is 342 g/mol. The Morgan fingerprint density at radius 1 is 1.15 bits per heavy atom. The Kier molecular flexibility index (Phi) is 6.08. The first-order chi connectivity index (χ1) is 13.1. The smallest absolute Gasteiger partial charge is 0.240 e. The van der Waals surface area contributed by atoms with Gasteiger partial charge in [-0.15, -0.1) is 0 Å². The Hall–Kier alpha value is -2.86. The van der Waals surface area contributed by atoms with Crippen molar-refractivity contribution in [2.45, 2.75) is 12.5 Å². The minimum atomic E-state index is -0.192. The number of likely N-dealkylation sites (N-methyl/N-ethyl adjacent to an activating group) is 1. The largest absolute Gasteiger partial charge is 0.491 e. The molecule has 0 saturated carbocycles. The molecule has 0 aliphatic carbocycles. The SMILES string of the molecule is CN(C)C(CNC(=O)CN1C(=O)CCOc2ccccc21)c1ccccc1. The number of fused-ring (bicyclic) bond motifs is 1. The Labute approximate surface area is 159 Å². The van der Waals surface area contributed by atoms with Gasteiger partial charge in [0.2, 0.25) is 11.8 Å². The van der Waals surface area contributed by atoms with E-state index < -0.39 is 0 Å². The number of hydrogen-bond donors (Lipinski definition) is 1. The second-order valence-electron chi connectivity index (χ2n) is 6.74. The molecule has 0 fully saturated rings. The number of anilines is 1. The second-order valence-corrected chi connectivity index (χ2v) is 6.74. The number of hydrogen-bond acceptors (Lipinski definition) is 4. The van der Waals surface area contributed by atoms with E-state index in [9.17, 15) is 9.59 Å². The van der Waals surface area contributed by atoms with Gasteiger partial charge in [-0.3, -0.25) is 14.5 Å². The molecule has 1 aliphatic rings. The maximum atomic E-state index is 12.6. The molecule has 6 heteroatoms. The van der Waals surface area contributed by atoms with Crippen LogP contribution >= 0.6 is 0 Å². The van der Waals surface area contributed by atoms with Crippen LogP contribution in [0.2, 0.25) is 0 Å². The summed E-state index contributed by atoms with van der Waals surface area (Å²) in [5, 5.41) is 2.97. The number of carbonyl (C=O) groups excluding carboxylic acids is 2. The number of carbonyl (C=O) groups is 2. The van der Waals surface area contributed by atoms with Gasteiger partial charge in [0.25, 0.3) is 0 Å². The van der Waals surface area contributed by atoms with E-state index in [0.717, 1.165) is 5.56 Å². The van der Waals surface area contributed by atoms with Gasteiger partial charge in [-0.1, -0.05) is 42.5 Å². The number of benzene rings is 2. The maximum absolute atomic E-state index is 12.6. The second kappa shape index (κ2) is 8.68. The molecule has 3 rings (SSSR count). The van der Waals surface area contributed by atoms with Crippen LogP contribution in [0.15, 0.2) is 54.6 Å². The molecule has 1 unspecified atom stereocenters. The molecule has 1 atom stereocenters. The molecule has 1 aliphatic heterocycles. The van der Waals surface area contributed by atoms with Gasteiger partial charge in [0.05, 0.1) is 24.8 Å². The van der Waals surface area contributed by atoms with Crippen LogP contribution in [0.25, 0.3) is 0 Å². The van der Waals surface area contributed by atoms with Crippen LogP contribution in [-0.2, 0) is 9.59 Å². The normalized spacial score (nSPS) is 14.9. The average molecular weight is 367 g/mol. The summed E-state index contributed by atoms with van der Waals surface area (Å²) in [6, 6.07) is 17.4. The highest BCUT2D eigenvalue weighted by Gasteiger charge is 2.25. The van der Waals surface area contributed by atoms with Crippen molar-refractivity contribution < 1.29 is 14.3 Å². The predicted octanol–water partition coefficient (Wildman–Crippen LogP) is 2.22. The van der Waals surface area contributed by atoms with Crippen molar-refractivity contribution in [1.29, 1.82) is 0 Å². The van der Waals surface area contributed by atoms with E-state index in [1.165, 1.54) is 4.90 Å². The molecule has 0 aromatic heterocycles. The lowest BCUT2D eigenvalue weighted by Crippen LogP contribution is -2.43. The van der Waals surface area contributed by atoms with Crippen LogP contribution in [0.3, 0.4) is 0 Å². The van der Waals surface area contributed by atoms with Crippen LogP contribution in [-0.4, -0.2) is 50.5 Å². The van der Waals surface area contributed by atoms with Gasteiger partial charge in [-0.2, -0.15) is 0 Å². The molecule has 0 bridgehead atoms. The summed E-state index contributed by atoms with van der Waals surface area (Å²) in [7, 11) is 3.96. The maximum Gasteiger partial charge on any atom is 0.240 e. The van der Waals surface area contributed by atoms with Crippen molar-refractivity contribution in [3.8, 4) is 5.75 Å². The molecule has 6 nitrogen and oxygen atoms in total. The first kappa shape index (κ1) is 18.9. The first-order valence-electron chi connectivity index (χ1n) is 9.06. The molecule has 2 amide bonds. The molecule has 1 N–H and O–H groups in total. The van der Waals surface area contributed by atoms with Gasteiger partial charge in [0.15, 0.2) is 0 Å². The zero-order valence-electron chi connectivity index (χ0n) is 15.7. The summed E-state index contributed by atoms with van der Waals surface area (Å²) in [4.78, 5) is 28.6. The lowest BCUT2D eigenvalue weighted by molar-refractivity contribution is -0.124. The van der Waals surface area contributed by atoms with Crippen molar-refractivity contribution >= 4 is 17.5 Å². The highest BCUT2D eigenvalue weighted by molar-refractivity contribution is 6.00. The Morgan fingerprint density at radius 2 is 1.85 bits per heavy atom. The van der Waals surface area contributed by atoms with Gasteiger partial charge in [0.1, 0.15) is 12.3 Å². The van der Waals surface area contributed by atoms with Crippen LogP contribution in [0, 0.1) is 0 Å². The number of ether oxygens (including phenoxy) is 1. The molecule has 0 spiro atoms. The predicted molar refractivity (Wildman–Crippen MR) is 105 cm³/mol. The van der Waals surface area contributed by atoms with Crippen LogP contribution in [0.4, 0.5) is 5.69 Å². The van der Waals surface area contributed by atoms with Crippen molar-refractivity contribution in [2.75, 3.05) is 38.7 Å². The molecule has 142 valence electrons. The molecule has 1 heterocycles. The molecule has 0 radical (unpaired) electrons. The van der Waals surface area contributed by atoms with E-state index in [1.807, 2.05) is 62.6 Å². The minimum absolute atomic E-state index is 0.0197. The Bertz CT molecular complexity index is 792. The summed E-state index contributed by atoms with van der Waals surface area (Å²) in [5.74, 6) is 0.330. The third-order valence-electron chi connectivity index (χ3n) is 4.63. The highest BCUT2D eigenvalue weighted by Crippen LogP contribution is 2.30. The van der Waals surface area contributed by atoms with Gasteiger partial charge < -0.3 is 15.0 Å². The molecule has 2 aromatic carbocycles. The van der Waals surface area contributed by atoms with Gasteiger partial charge >= 0.3 is 0 Å². The standard InChI is InChI=1S/C21H25N3O3/c1-23(2)18(16-8-4-3-5-9-16)14-22-20(25)15-24-17-10-6-7-11-19(17)27-13-12-21(24)26/h3-11,18H,12-15H2,1-2H3,(H,22,25). The molecule has 0 saturated heterocycles. The van der Waals surface area contributed by atoms with E-state index in [-0.39, 0.29) is 30.8 Å². The van der Waals surface area contributed by atoms with E-state index in [0.29, 0.717) is 24.6 Å². The van der Waals surface area contributed by atoms with Gasteiger partial charge in [0, 0.05) is 6.54 Å².